The third kappa shape index (κ3) is 4.45. The van der Waals surface area contributed by atoms with E-state index in [-0.39, 0.29) is 11.4 Å². The number of thiazole rings is 1. The average molecular weight is 292 g/mol. The molecule has 1 N–H and O–H groups in total. The highest BCUT2D eigenvalue weighted by Crippen LogP contribution is 2.36. The standard InChI is InChI=1S/C9H10F6N2S/c1-2-16-4-5-7(9(13,14)15)17-6(18-5)3-8(10,11)12/h16H,2-4H2,1H3. The van der Waals surface area contributed by atoms with Crippen molar-refractivity contribution in [2.75, 3.05) is 6.54 Å². The highest BCUT2D eigenvalue weighted by atomic mass is 32.1. The van der Waals surface area contributed by atoms with Gasteiger partial charge >= 0.3 is 12.4 Å². The third-order valence-corrected chi connectivity index (χ3v) is 2.95. The summed E-state index contributed by atoms with van der Waals surface area (Å²) >= 11 is 0.440. The van der Waals surface area contributed by atoms with Gasteiger partial charge in [-0.2, -0.15) is 26.3 Å². The zero-order valence-electron chi connectivity index (χ0n) is 9.24. The number of nitrogens with one attached hydrogen (secondary N) is 1. The van der Waals surface area contributed by atoms with Crippen LogP contribution in [0.2, 0.25) is 0 Å². The van der Waals surface area contributed by atoms with Gasteiger partial charge in [0.1, 0.15) is 5.01 Å². The molecule has 0 amide bonds. The molecule has 9 heteroatoms. The van der Waals surface area contributed by atoms with Crippen molar-refractivity contribution >= 4 is 11.3 Å². The molecule has 1 rings (SSSR count). The molecule has 0 spiro atoms. The second kappa shape index (κ2) is 5.43. The second-order valence-electron chi connectivity index (χ2n) is 3.45. The Labute approximate surface area is 103 Å². The third-order valence-electron chi connectivity index (χ3n) is 1.90. The largest absolute Gasteiger partial charge is 0.434 e. The topological polar surface area (TPSA) is 24.9 Å². The van der Waals surface area contributed by atoms with Gasteiger partial charge < -0.3 is 5.32 Å². The number of aromatic nitrogens is 1. The van der Waals surface area contributed by atoms with E-state index in [1.54, 1.807) is 6.92 Å². The molecular formula is C9H10F6N2S. The summed E-state index contributed by atoms with van der Waals surface area (Å²) in [6, 6.07) is 0. The predicted molar refractivity (Wildman–Crippen MR) is 54.3 cm³/mol. The van der Waals surface area contributed by atoms with Gasteiger partial charge in [0.2, 0.25) is 0 Å². The highest BCUT2D eigenvalue weighted by Gasteiger charge is 2.39. The molecule has 0 unspecified atom stereocenters. The van der Waals surface area contributed by atoms with E-state index in [1.807, 2.05) is 0 Å². The van der Waals surface area contributed by atoms with Crippen LogP contribution in [-0.4, -0.2) is 17.7 Å². The Hall–Kier alpha value is -0.830. The van der Waals surface area contributed by atoms with Crippen LogP contribution in [0.25, 0.3) is 0 Å². The highest BCUT2D eigenvalue weighted by molar-refractivity contribution is 7.11. The maximum atomic E-state index is 12.6. The Morgan fingerprint density at radius 3 is 2.22 bits per heavy atom. The Balaban J connectivity index is 3.00. The number of hydrogen-bond donors (Lipinski definition) is 1. The van der Waals surface area contributed by atoms with Crippen LogP contribution in [0.1, 0.15) is 22.5 Å². The van der Waals surface area contributed by atoms with E-state index in [0.29, 0.717) is 17.9 Å². The summed E-state index contributed by atoms with van der Waals surface area (Å²) in [4.78, 5) is 2.83. The minimum Gasteiger partial charge on any atom is -0.312 e. The summed E-state index contributed by atoms with van der Waals surface area (Å²) < 4.78 is 74.0. The Bertz CT molecular complexity index is 395. The van der Waals surface area contributed by atoms with E-state index in [2.05, 4.69) is 10.3 Å². The van der Waals surface area contributed by atoms with Crippen LogP contribution in [0.5, 0.6) is 0 Å². The summed E-state index contributed by atoms with van der Waals surface area (Å²) in [6.45, 7) is 1.97. The Kier molecular flexibility index (Phi) is 4.60. The number of rotatable bonds is 4. The molecule has 104 valence electrons. The fraction of sp³-hybridized carbons (Fsp3) is 0.667. The van der Waals surface area contributed by atoms with Crippen LogP contribution in [0.4, 0.5) is 26.3 Å². The Morgan fingerprint density at radius 1 is 1.17 bits per heavy atom. The van der Waals surface area contributed by atoms with E-state index < -0.39 is 29.5 Å². The monoisotopic (exact) mass is 292 g/mol. The maximum absolute atomic E-state index is 12.6. The van der Waals surface area contributed by atoms with Crippen molar-refractivity contribution in [1.82, 2.24) is 10.3 Å². The van der Waals surface area contributed by atoms with E-state index in [1.165, 1.54) is 0 Å². The van der Waals surface area contributed by atoms with Crippen molar-refractivity contribution in [2.24, 2.45) is 0 Å². The fourth-order valence-corrected chi connectivity index (χ4v) is 2.32. The molecular weight excluding hydrogens is 282 g/mol. The number of alkyl halides is 6. The van der Waals surface area contributed by atoms with Gasteiger partial charge in [-0.3, -0.25) is 0 Å². The molecule has 18 heavy (non-hydrogen) atoms. The van der Waals surface area contributed by atoms with Crippen molar-refractivity contribution in [2.45, 2.75) is 32.2 Å². The molecule has 0 aromatic carbocycles. The van der Waals surface area contributed by atoms with Crippen LogP contribution in [-0.2, 0) is 19.1 Å². The van der Waals surface area contributed by atoms with Gasteiger partial charge in [-0.25, -0.2) is 4.98 Å². The molecule has 0 saturated carbocycles. The smallest absolute Gasteiger partial charge is 0.312 e. The molecule has 0 radical (unpaired) electrons. The minimum absolute atomic E-state index is 0.138. The second-order valence-corrected chi connectivity index (χ2v) is 4.62. The molecule has 0 saturated heterocycles. The number of nitrogens with zero attached hydrogens (tertiary/aromatic N) is 1. The lowest BCUT2D eigenvalue weighted by Gasteiger charge is -2.05. The molecule has 0 aliphatic carbocycles. The van der Waals surface area contributed by atoms with E-state index >= 15 is 0 Å². The van der Waals surface area contributed by atoms with Gasteiger partial charge in [0.05, 0.1) is 11.3 Å². The van der Waals surface area contributed by atoms with Crippen molar-refractivity contribution in [3.63, 3.8) is 0 Å². The molecule has 0 atom stereocenters. The first-order valence-electron chi connectivity index (χ1n) is 4.96. The first-order valence-corrected chi connectivity index (χ1v) is 5.78. The molecule has 0 bridgehead atoms. The summed E-state index contributed by atoms with van der Waals surface area (Å²) in [5.41, 5.74) is -1.23. The first kappa shape index (κ1) is 15.2. The van der Waals surface area contributed by atoms with Gasteiger partial charge in [-0.15, -0.1) is 11.3 Å². The van der Waals surface area contributed by atoms with E-state index in [0.717, 1.165) is 0 Å². The van der Waals surface area contributed by atoms with Crippen molar-refractivity contribution in [3.8, 4) is 0 Å². The normalized spacial score (nSPS) is 13.1. The summed E-state index contributed by atoms with van der Waals surface area (Å²) in [5, 5.41) is 2.08. The van der Waals surface area contributed by atoms with Crippen molar-refractivity contribution in [1.29, 1.82) is 0 Å². The molecule has 0 aliphatic rings. The summed E-state index contributed by atoms with van der Waals surface area (Å²) in [7, 11) is 0. The Morgan fingerprint density at radius 2 is 1.78 bits per heavy atom. The van der Waals surface area contributed by atoms with Crippen LogP contribution in [0.3, 0.4) is 0 Å². The summed E-state index contributed by atoms with van der Waals surface area (Å²) in [6.07, 6.45) is -10.7. The lowest BCUT2D eigenvalue weighted by molar-refractivity contribution is -0.142. The fourth-order valence-electron chi connectivity index (χ4n) is 1.23. The SMILES string of the molecule is CCNCc1sc(CC(F)(F)F)nc1C(F)(F)F. The zero-order chi connectivity index (χ0) is 14.0. The van der Waals surface area contributed by atoms with Crippen LogP contribution < -0.4 is 5.32 Å². The van der Waals surface area contributed by atoms with Crippen LogP contribution >= 0.6 is 11.3 Å². The first-order chi connectivity index (χ1) is 8.13. The molecule has 1 heterocycles. The lowest BCUT2D eigenvalue weighted by atomic mass is 10.3. The quantitative estimate of drug-likeness (QED) is 0.861. The van der Waals surface area contributed by atoms with Crippen molar-refractivity contribution < 1.29 is 26.3 Å². The van der Waals surface area contributed by atoms with E-state index in [4.69, 9.17) is 0 Å². The molecule has 2 nitrogen and oxygen atoms in total. The van der Waals surface area contributed by atoms with Crippen LogP contribution in [0.15, 0.2) is 0 Å². The predicted octanol–water partition coefficient (Wildman–Crippen LogP) is 3.38. The van der Waals surface area contributed by atoms with Gasteiger partial charge in [0.15, 0.2) is 5.69 Å². The van der Waals surface area contributed by atoms with Crippen molar-refractivity contribution in [3.05, 3.63) is 15.6 Å². The molecule has 1 aromatic rings. The molecule has 1 aromatic heterocycles. The van der Waals surface area contributed by atoms with Crippen LogP contribution in [0, 0.1) is 0 Å². The van der Waals surface area contributed by atoms with Gasteiger partial charge in [0.25, 0.3) is 0 Å². The zero-order valence-corrected chi connectivity index (χ0v) is 10.1. The number of halogens is 6. The average Bonchev–Trinajstić information content (AvgIpc) is 2.54. The molecule has 0 aliphatic heterocycles. The lowest BCUT2D eigenvalue weighted by Crippen LogP contribution is -2.16. The van der Waals surface area contributed by atoms with E-state index in [9.17, 15) is 26.3 Å². The van der Waals surface area contributed by atoms with Gasteiger partial charge in [-0.05, 0) is 6.54 Å². The maximum Gasteiger partial charge on any atom is 0.434 e. The molecule has 0 fully saturated rings. The minimum atomic E-state index is -4.73. The number of hydrogen-bond acceptors (Lipinski definition) is 3. The summed E-state index contributed by atoms with van der Waals surface area (Å²) in [5.74, 6) is 0. The van der Waals surface area contributed by atoms with Gasteiger partial charge in [0, 0.05) is 6.54 Å². The van der Waals surface area contributed by atoms with Gasteiger partial charge in [-0.1, -0.05) is 6.92 Å².